The number of carbonyl (C=O) groups is 1. The van der Waals surface area contributed by atoms with Crippen LogP contribution < -0.4 is 10.2 Å². The SMILES string of the molecule is CCCOCCOCCOCCC(=O)OC1CC(CNc2cc(N3CCc4ccccc4CC3)nc(-c3ccccn3)n2)C1. The lowest BCUT2D eigenvalue weighted by Crippen LogP contribution is -2.37. The molecule has 0 spiro atoms. The topological polar surface area (TPSA) is 108 Å². The third-order valence-corrected chi connectivity index (χ3v) is 7.96. The monoisotopic (exact) mass is 603 g/mol. The number of esters is 1. The number of nitrogens with one attached hydrogen (secondary N) is 1. The molecule has 2 aliphatic rings. The molecule has 0 unspecified atom stereocenters. The summed E-state index contributed by atoms with van der Waals surface area (Å²) in [6.07, 6.45) is 6.63. The van der Waals surface area contributed by atoms with Gasteiger partial charge in [0.25, 0.3) is 0 Å². The van der Waals surface area contributed by atoms with E-state index in [1.807, 2.05) is 24.3 Å². The van der Waals surface area contributed by atoms with E-state index in [2.05, 4.69) is 46.4 Å². The van der Waals surface area contributed by atoms with Gasteiger partial charge in [0.15, 0.2) is 5.82 Å². The van der Waals surface area contributed by atoms with Gasteiger partial charge in [0, 0.05) is 38.5 Å². The van der Waals surface area contributed by atoms with Crippen LogP contribution >= 0.6 is 0 Å². The first kappa shape index (κ1) is 31.8. The Kier molecular flexibility index (Phi) is 12.3. The maximum absolute atomic E-state index is 12.2. The van der Waals surface area contributed by atoms with E-state index in [9.17, 15) is 4.79 Å². The van der Waals surface area contributed by atoms with Gasteiger partial charge in [0.2, 0.25) is 0 Å². The summed E-state index contributed by atoms with van der Waals surface area (Å²) < 4.78 is 21.9. The fourth-order valence-electron chi connectivity index (χ4n) is 5.47. The minimum Gasteiger partial charge on any atom is -0.462 e. The van der Waals surface area contributed by atoms with Crippen LogP contribution in [0.15, 0.2) is 54.7 Å². The molecular formula is C34H45N5O5. The predicted octanol–water partition coefficient (Wildman–Crippen LogP) is 4.73. The average Bonchev–Trinajstić information content (AvgIpc) is 3.26. The zero-order chi connectivity index (χ0) is 30.4. The zero-order valence-corrected chi connectivity index (χ0v) is 25.8. The largest absolute Gasteiger partial charge is 0.462 e. The van der Waals surface area contributed by atoms with Crippen molar-refractivity contribution < 1.29 is 23.7 Å². The van der Waals surface area contributed by atoms with Crippen molar-refractivity contribution >= 4 is 17.6 Å². The Morgan fingerprint density at radius 2 is 1.57 bits per heavy atom. The van der Waals surface area contributed by atoms with Crippen molar-refractivity contribution in [2.45, 2.75) is 51.6 Å². The maximum Gasteiger partial charge on any atom is 0.308 e. The van der Waals surface area contributed by atoms with E-state index < -0.39 is 0 Å². The molecule has 1 fully saturated rings. The van der Waals surface area contributed by atoms with Crippen LogP contribution in [0.2, 0.25) is 0 Å². The second kappa shape index (κ2) is 17.0. The Bertz CT molecular complexity index is 1280. The number of benzene rings is 1. The molecule has 0 amide bonds. The molecule has 2 aromatic heterocycles. The molecule has 10 nitrogen and oxygen atoms in total. The summed E-state index contributed by atoms with van der Waals surface area (Å²) in [4.78, 5) is 28.8. The van der Waals surface area contributed by atoms with Crippen molar-refractivity contribution in [2.24, 2.45) is 5.92 Å². The normalized spacial score (nSPS) is 17.8. The van der Waals surface area contributed by atoms with E-state index in [1.165, 1.54) is 11.1 Å². The van der Waals surface area contributed by atoms with Crippen LogP contribution in [0.4, 0.5) is 11.6 Å². The summed E-state index contributed by atoms with van der Waals surface area (Å²) in [6.45, 7) is 7.82. The van der Waals surface area contributed by atoms with Gasteiger partial charge in [-0.15, -0.1) is 0 Å². The fraction of sp³-hybridized carbons (Fsp3) is 0.529. The van der Waals surface area contributed by atoms with E-state index >= 15 is 0 Å². The standard InChI is InChI=1S/C34H45N5O5/c1-2-16-41-18-20-43-21-19-42-17-12-33(40)44-29-22-26(23-29)25-36-31-24-32(38-34(37-31)30-9-5-6-13-35-30)39-14-10-27-7-3-4-8-28(27)11-15-39/h3-9,13,24,26,29H,2,10-12,14-23,25H2,1H3,(H,36,37,38). The summed E-state index contributed by atoms with van der Waals surface area (Å²) in [5, 5.41) is 3.53. The number of nitrogens with zero attached hydrogens (tertiary/aromatic N) is 4. The number of anilines is 2. The lowest BCUT2D eigenvalue weighted by Gasteiger charge is -2.35. The lowest BCUT2D eigenvalue weighted by atomic mass is 9.82. The number of hydrogen-bond acceptors (Lipinski definition) is 10. The Labute approximate surface area is 260 Å². The van der Waals surface area contributed by atoms with Crippen LogP contribution in [0.5, 0.6) is 0 Å². The van der Waals surface area contributed by atoms with Crippen molar-refractivity contribution in [3.05, 3.63) is 65.9 Å². The van der Waals surface area contributed by atoms with Gasteiger partial charge in [-0.3, -0.25) is 9.78 Å². The molecule has 3 heterocycles. The molecule has 0 bridgehead atoms. The summed E-state index contributed by atoms with van der Waals surface area (Å²) >= 11 is 0. The van der Waals surface area contributed by atoms with Crippen molar-refractivity contribution in [3.63, 3.8) is 0 Å². The molecular weight excluding hydrogens is 558 g/mol. The van der Waals surface area contributed by atoms with Gasteiger partial charge in [-0.05, 0) is 61.3 Å². The summed E-state index contributed by atoms with van der Waals surface area (Å²) in [7, 11) is 0. The van der Waals surface area contributed by atoms with E-state index in [1.54, 1.807) is 6.20 Å². The molecule has 0 radical (unpaired) electrons. The molecule has 0 saturated heterocycles. The highest BCUT2D eigenvalue weighted by Crippen LogP contribution is 2.31. The van der Waals surface area contributed by atoms with E-state index in [0.29, 0.717) is 44.8 Å². The van der Waals surface area contributed by atoms with Gasteiger partial charge in [-0.25, -0.2) is 9.97 Å². The molecule has 5 rings (SSSR count). The first-order valence-electron chi connectivity index (χ1n) is 16.0. The van der Waals surface area contributed by atoms with E-state index in [4.69, 9.17) is 28.9 Å². The smallest absolute Gasteiger partial charge is 0.308 e. The van der Waals surface area contributed by atoms with E-state index in [-0.39, 0.29) is 18.5 Å². The van der Waals surface area contributed by atoms with Gasteiger partial charge in [0.1, 0.15) is 23.4 Å². The molecule has 1 N–H and O–H groups in total. The van der Waals surface area contributed by atoms with Gasteiger partial charge in [-0.1, -0.05) is 37.3 Å². The zero-order valence-electron chi connectivity index (χ0n) is 25.8. The van der Waals surface area contributed by atoms with Crippen molar-refractivity contribution in [1.29, 1.82) is 0 Å². The maximum atomic E-state index is 12.2. The van der Waals surface area contributed by atoms with Crippen molar-refractivity contribution in [1.82, 2.24) is 15.0 Å². The quantitative estimate of drug-likeness (QED) is 0.172. The molecule has 1 aliphatic heterocycles. The lowest BCUT2D eigenvalue weighted by molar-refractivity contribution is -0.156. The second-order valence-electron chi connectivity index (χ2n) is 11.3. The van der Waals surface area contributed by atoms with Gasteiger partial charge < -0.3 is 29.2 Å². The molecule has 0 atom stereocenters. The molecule has 44 heavy (non-hydrogen) atoms. The number of hydrogen-bond donors (Lipinski definition) is 1. The third-order valence-electron chi connectivity index (χ3n) is 7.96. The Balaban J connectivity index is 1.05. The average molecular weight is 604 g/mol. The first-order chi connectivity index (χ1) is 21.7. The van der Waals surface area contributed by atoms with Gasteiger partial charge >= 0.3 is 5.97 Å². The third kappa shape index (κ3) is 9.70. The Hall–Kier alpha value is -3.60. The highest BCUT2D eigenvalue weighted by molar-refractivity contribution is 5.69. The van der Waals surface area contributed by atoms with Crippen LogP contribution in [0.1, 0.15) is 43.7 Å². The highest BCUT2D eigenvalue weighted by Gasteiger charge is 2.32. The number of aromatic nitrogens is 3. The van der Waals surface area contributed by atoms with Crippen molar-refractivity contribution in [3.8, 4) is 11.5 Å². The second-order valence-corrected chi connectivity index (χ2v) is 11.3. The predicted molar refractivity (Wildman–Crippen MR) is 170 cm³/mol. The molecule has 1 aliphatic carbocycles. The summed E-state index contributed by atoms with van der Waals surface area (Å²) in [5.74, 6) is 2.50. The molecule has 236 valence electrons. The van der Waals surface area contributed by atoms with Crippen LogP contribution in [0.3, 0.4) is 0 Å². The van der Waals surface area contributed by atoms with Crippen molar-refractivity contribution in [2.75, 3.05) is 69.5 Å². The van der Waals surface area contributed by atoms with Crippen LogP contribution in [0.25, 0.3) is 11.5 Å². The van der Waals surface area contributed by atoms with Gasteiger partial charge in [-0.2, -0.15) is 0 Å². The highest BCUT2D eigenvalue weighted by atomic mass is 16.6. The first-order valence-corrected chi connectivity index (χ1v) is 16.0. The van der Waals surface area contributed by atoms with Crippen LogP contribution in [-0.2, 0) is 36.6 Å². The minimum absolute atomic E-state index is 0.0375. The number of fused-ring (bicyclic) bond motifs is 1. The van der Waals surface area contributed by atoms with Crippen LogP contribution in [0, 0.1) is 5.92 Å². The summed E-state index contributed by atoms with van der Waals surface area (Å²) in [6, 6.07) is 16.5. The molecule has 1 saturated carbocycles. The minimum atomic E-state index is -0.213. The number of pyridine rings is 1. The summed E-state index contributed by atoms with van der Waals surface area (Å²) in [5.41, 5.74) is 3.57. The number of rotatable bonds is 17. The number of ether oxygens (including phenoxy) is 4. The molecule has 10 heteroatoms. The Morgan fingerprint density at radius 3 is 2.25 bits per heavy atom. The van der Waals surface area contributed by atoms with Gasteiger partial charge in [0.05, 0.1) is 39.5 Å². The van der Waals surface area contributed by atoms with Crippen LogP contribution in [-0.4, -0.2) is 86.3 Å². The van der Waals surface area contributed by atoms with E-state index in [0.717, 1.165) is 75.7 Å². The Morgan fingerprint density at radius 1 is 0.886 bits per heavy atom. The fourth-order valence-corrected chi connectivity index (χ4v) is 5.47. The molecule has 1 aromatic carbocycles. The molecule has 3 aromatic rings. The number of carbonyl (C=O) groups excluding carboxylic acids is 1.